The van der Waals surface area contributed by atoms with E-state index in [1.54, 1.807) is 0 Å². The van der Waals surface area contributed by atoms with Crippen LogP contribution in [0.1, 0.15) is 44.4 Å². The van der Waals surface area contributed by atoms with Gasteiger partial charge in [0.1, 0.15) is 5.75 Å². The molecule has 5 aromatic rings. The van der Waals surface area contributed by atoms with Gasteiger partial charge in [0, 0.05) is 22.7 Å². The highest BCUT2D eigenvalue weighted by Crippen LogP contribution is 2.53. The topological polar surface area (TPSA) is 30.3 Å². The molecule has 1 aromatic heterocycles. The zero-order valence-electron chi connectivity index (χ0n) is 20.4. The lowest BCUT2D eigenvalue weighted by molar-refractivity contribution is 0.306. The first kappa shape index (κ1) is 20.3. The van der Waals surface area contributed by atoms with E-state index in [0.29, 0.717) is 6.01 Å². The highest BCUT2D eigenvalue weighted by Gasteiger charge is 2.39. The van der Waals surface area contributed by atoms with Crippen molar-refractivity contribution in [1.29, 1.82) is 0 Å². The third-order valence-corrected chi connectivity index (χ3v) is 7.81. The standard InChI is InChI=1S/C31H27N3O/c1-30(2)21-11-5-8-14-25(21)33(26-15-9-6-12-22(26)30)20-17-18-23-28(19-20)35-29-32-24-13-7-10-16-27(24)34(29)31(23,3)4/h5-19H,1-4H3. The molecule has 4 nitrogen and oxygen atoms in total. The fourth-order valence-corrected chi connectivity index (χ4v) is 6.02. The van der Waals surface area contributed by atoms with Crippen LogP contribution in [0.25, 0.3) is 11.0 Å². The molecule has 2 aliphatic rings. The molecule has 0 saturated heterocycles. The summed E-state index contributed by atoms with van der Waals surface area (Å²) < 4.78 is 8.68. The van der Waals surface area contributed by atoms with Crippen molar-refractivity contribution in [2.75, 3.05) is 4.90 Å². The molecule has 0 radical (unpaired) electrons. The van der Waals surface area contributed by atoms with Gasteiger partial charge in [0.15, 0.2) is 0 Å². The largest absolute Gasteiger partial charge is 0.425 e. The van der Waals surface area contributed by atoms with Gasteiger partial charge in [-0.2, -0.15) is 4.98 Å². The molecule has 0 amide bonds. The molecule has 2 aliphatic heterocycles. The summed E-state index contributed by atoms with van der Waals surface area (Å²) in [7, 11) is 0. The maximum Gasteiger partial charge on any atom is 0.303 e. The number of imidazole rings is 1. The van der Waals surface area contributed by atoms with E-state index in [-0.39, 0.29) is 11.0 Å². The molecule has 0 spiro atoms. The Balaban J connectivity index is 1.43. The summed E-state index contributed by atoms with van der Waals surface area (Å²) in [5.41, 5.74) is 8.94. The molecule has 4 aromatic carbocycles. The third kappa shape index (κ3) is 2.65. The number of hydrogen-bond donors (Lipinski definition) is 0. The zero-order chi connectivity index (χ0) is 23.9. The molecule has 0 unspecified atom stereocenters. The number of anilines is 3. The second kappa shape index (κ2) is 6.76. The Labute approximate surface area is 205 Å². The number of nitrogens with zero attached hydrogens (tertiary/aromatic N) is 3. The van der Waals surface area contributed by atoms with Crippen LogP contribution in [0, 0.1) is 0 Å². The third-order valence-electron chi connectivity index (χ3n) is 7.81. The molecule has 35 heavy (non-hydrogen) atoms. The predicted octanol–water partition coefficient (Wildman–Crippen LogP) is 8.03. The van der Waals surface area contributed by atoms with E-state index >= 15 is 0 Å². The van der Waals surface area contributed by atoms with Crippen LogP contribution in [0.5, 0.6) is 11.8 Å². The first-order valence-electron chi connectivity index (χ1n) is 12.2. The van der Waals surface area contributed by atoms with Crippen molar-refractivity contribution in [2.45, 2.75) is 38.6 Å². The summed E-state index contributed by atoms with van der Waals surface area (Å²) in [5, 5.41) is 0. The Morgan fingerprint density at radius 1 is 0.686 bits per heavy atom. The monoisotopic (exact) mass is 457 g/mol. The second-order valence-electron chi connectivity index (χ2n) is 10.6. The van der Waals surface area contributed by atoms with Gasteiger partial charge < -0.3 is 9.64 Å². The first-order chi connectivity index (χ1) is 16.9. The Hall–Kier alpha value is -4.05. The first-order valence-corrected chi connectivity index (χ1v) is 12.2. The van der Waals surface area contributed by atoms with Gasteiger partial charge in [-0.15, -0.1) is 0 Å². The van der Waals surface area contributed by atoms with E-state index in [9.17, 15) is 0 Å². The molecular formula is C31H27N3O. The highest BCUT2D eigenvalue weighted by molar-refractivity contribution is 5.86. The summed E-state index contributed by atoms with van der Waals surface area (Å²) in [6, 6.07) is 32.9. The molecule has 0 bridgehead atoms. The van der Waals surface area contributed by atoms with E-state index in [1.165, 1.54) is 22.5 Å². The van der Waals surface area contributed by atoms with E-state index in [2.05, 4.69) is 116 Å². The lowest BCUT2D eigenvalue weighted by Gasteiger charge is -2.42. The van der Waals surface area contributed by atoms with Crippen molar-refractivity contribution in [3.63, 3.8) is 0 Å². The summed E-state index contributed by atoms with van der Waals surface area (Å²) in [6.45, 7) is 9.09. The Kier molecular flexibility index (Phi) is 3.93. The molecule has 0 N–H and O–H groups in total. The summed E-state index contributed by atoms with van der Waals surface area (Å²) in [5.74, 6) is 0.857. The van der Waals surface area contributed by atoms with Gasteiger partial charge in [-0.1, -0.05) is 68.4 Å². The number of aromatic nitrogens is 2. The Morgan fingerprint density at radius 2 is 1.31 bits per heavy atom. The van der Waals surface area contributed by atoms with Crippen molar-refractivity contribution < 1.29 is 4.74 Å². The number of rotatable bonds is 1. The molecule has 4 heteroatoms. The molecule has 0 fully saturated rings. The van der Waals surface area contributed by atoms with Crippen molar-refractivity contribution in [3.8, 4) is 11.8 Å². The fourth-order valence-electron chi connectivity index (χ4n) is 6.02. The van der Waals surface area contributed by atoms with Crippen LogP contribution in [-0.2, 0) is 11.0 Å². The van der Waals surface area contributed by atoms with Crippen molar-refractivity contribution in [1.82, 2.24) is 9.55 Å². The number of ether oxygens (including phenoxy) is 1. The lowest BCUT2D eigenvalue weighted by Crippen LogP contribution is -2.32. The maximum absolute atomic E-state index is 6.47. The summed E-state index contributed by atoms with van der Waals surface area (Å²) in [4.78, 5) is 7.17. The molecule has 0 saturated carbocycles. The molecule has 172 valence electrons. The summed E-state index contributed by atoms with van der Waals surface area (Å²) >= 11 is 0. The van der Waals surface area contributed by atoms with E-state index < -0.39 is 0 Å². The minimum Gasteiger partial charge on any atom is -0.425 e. The fraction of sp³-hybridized carbons (Fsp3) is 0.194. The number of hydrogen-bond acceptors (Lipinski definition) is 3. The van der Waals surface area contributed by atoms with Crippen LogP contribution in [0.3, 0.4) is 0 Å². The Bertz CT molecular complexity index is 1590. The van der Waals surface area contributed by atoms with Crippen LogP contribution >= 0.6 is 0 Å². The van der Waals surface area contributed by atoms with Crippen LogP contribution in [0.4, 0.5) is 17.1 Å². The maximum atomic E-state index is 6.47. The lowest BCUT2D eigenvalue weighted by atomic mass is 9.73. The van der Waals surface area contributed by atoms with Gasteiger partial charge in [0.2, 0.25) is 0 Å². The molecular weight excluding hydrogens is 430 g/mol. The molecule has 0 atom stereocenters. The van der Waals surface area contributed by atoms with Crippen LogP contribution < -0.4 is 9.64 Å². The van der Waals surface area contributed by atoms with Crippen LogP contribution in [0.2, 0.25) is 0 Å². The smallest absolute Gasteiger partial charge is 0.303 e. The van der Waals surface area contributed by atoms with Crippen molar-refractivity contribution in [2.24, 2.45) is 0 Å². The SMILES string of the molecule is CC1(C)c2ccccc2N(c2ccc3c(c2)Oc2nc4ccccc4n2C3(C)C)c2ccccc21. The number of fused-ring (bicyclic) bond motifs is 6. The van der Waals surface area contributed by atoms with Crippen LogP contribution in [0.15, 0.2) is 91.0 Å². The van der Waals surface area contributed by atoms with E-state index in [4.69, 9.17) is 9.72 Å². The average Bonchev–Trinajstić information content (AvgIpc) is 3.23. The molecule has 7 rings (SSSR count). The minimum atomic E-state index is -0.294. The predicted molar refractivity (Wildman–Crippen MR) is 141 cm³/mol. The molecule has 0 aliphatic carbocycles. The summed E-state index contributed by atoms with van der Waals surface area (Å²) in [6.07, 6.45) is 0. The van der Waals surface area contributed by atoms with E-state index in [0.717, 1.165) is 28.0 Å². The van der Waals surface area contributed by atoms with Crippen LogP contribution in [-0.4, -0.2) is 9.55 Å². The van der Waals surface area contributed by atoms with Gasteiger partial charge in [-0.25, -0.2) is 0 Å². The van der Waals surface area contributed by atoms with Gasteiger partial charge in [-0.3, -0.25) is 4.57 Å². The van der Waals surface area contributed by atoms with Crippen molar-refractivity contribution in [3.05, 3.63) is 108 Å². The van der Waals surface area contributed by atoms with Gasteiger partial charge in [0.25, 0.3) is 0 Å². The van der Waals surface area contributed by atoms with E-state index in [1.807, 2.05) is 12.1 Å². The minimum absolute atomic E-state index is 0.0821. The zero-order valence-corrected chi connectivity index (χ0v) is 20.4. The quantitative estimate of drug-likeness (QED) is 0.255. The number of benzene rings is 4. The number of para-hydroxylation sites is 4. The second-order valence-corrected chi connectivity index (χ2v) is 10.6. The van der Waals surface area contributed by atoms with Gasteiger partial charge in [-0.05, 0) is 55.3 Å². The van der Waals surface area contributed by atoms with Gasteiger partial charge in [0.05, 0.1) is 27.9 Å². The highest BCUT2D eigenvalue weighted by atomic mass is 16.5. The normalized spacial score (nSPS) is 16.6. The van der Waals surface area contributed by atoms with Gasteiger partial charge >= 0.3 is 6.01 Å². The van der Waals surface area contributed by atoms with Crippen molar-refractivity contribution >= 4 is 28.1 Å². The average molecular weight is 458 g/mol. The Morgan fingerprint density at radius 3 is 2.03 bits per heavy atom. The molecule has 3 heterocycles.